The first-order valence-corrected chi connectivity index (χ1v) is 12.6. The van der Waals surface area contributed by atoms with Crippen LogP contribution in [0.15, 0.2) is 0 Å². The first-order valence-electron chi connectivity index (χ1n) is 9.19. The molecule has 0 aliphatic rings. The summed E-state index contributed by atoms with van der Waals surface area (Å²) in [6.45, 7) is 17.9. The second-order valence-electron chi connectivity index (χ2n) is 7.56. The number of thiol groups is 1. The molecule has 0 fully saturated rings. The third-order valence-corrected chi connectivity index (χ3v) is 13.1. The van der Waals surface area contributed by atoms with Gasteiger partial charge in [0.1, 0.15) is 0 Å². The van der Waals surface area contributed by atoms with Crippen molar-refractivity contribution in [3.63, 3.8) is 0 Å². The lowest BCUT2D eigenvalue weighted by Crippen LogP contribution is -2.53. The fraction of sp³-hybridized carbons (Fsp3) is 1.00. The summed E-state index contributed by atoms with van der Waals surface area (Å²) >= 11 is 5.18. The molecule has 0 unspecified atom stereocenters. The van der Waals surface area contributed by atoms with Gasteiger partial charge in [0.05, 0.1) is 0 Å². The maximum atomic E-state index is 6.29. The Kier molecular flexibility index (Phi) is 11.7. The Hall–Kier alpha value is 0.704. The molecule has 0 aromatic rings. The number of hydrogen-bond donors (Lipinski definition) is 1. The number of unbranched alkanes of at least 4 members (excludes halogenated alkanes) is 2. The van der Waals surface area contributed by atoms with Crippen LogP contribution in [-0.2, 0) is 8.85 Å². The van der Waals surface area contributed by atoms with Crippen molar-refractivity contribution in [2.24, 2.45) is 5.92 Å². The molecular weight excluding hydrogens is 324 g/mol. The summed E-state index contributed by atoms with van der Waals surface area (Å²) in [5, 5.41) is 0.394. The van der Waals surface area contributed by atoms with Crippen molar-refractivity contribution >= 4 is 31.4 Å². The lowest BCUT2D eigenvalue weighted by Gasteiger charge is -2.41. The highest BCUT2D eigenvalue weighted by Crippen LogP contribution is 2.40. The maximum Gasteiger partial charge on any atom is 0.334 e. The first kappa shape index (κ1) is 22.7. The lowest BCUT2D eigenvalue weighted by atomic mass is 9.99. The van der Waals surface area contributed by atoms with Crippen LogP contribution in [0.1, 0.15) is 80.6 Å². The van der Waals surface area contributed by atoms with Gasteiger partial charge in [-0.25, -0.2) is 0 Å². The highest BCUT2D eigenvalue weighted by atomic mass is 32.1. The number of rotatable bonds is 13. The Morgan fingerprint density at radius 2 is 1.45 bits per heavy atom. The smallest absolute Gasteiger partial charge is 0.334 e. The molecule has 0 aliphatic heterocycles. The topological polar surface area (TPSA) is 18.5 Å². The summed E-state index contributed by atoms with van der Waals surface area (Å²) in [6, 6.07) is 0. The van der Waals surface area contributed by atoms with Crippen molar-refractivity contribution in [2.75, 3.05) is 13.2 Å². The van der Waals surface area contributed by atoms with Crippen LogP contribution < -0.4 is 0 Å². The van der Waals surface area contributed by atoms with Crippen molar-refractivity contribution < 1.29 is 8.85 Å². The van der Waals surface area contributed by atoms with Crippen LogP contribution in [-0.4, -0.2) is 36.0 Å². The van der Waals surface area contributed by atoms with Crippen molar-refractivity contribution in [2.45, 2.75) is 89.6 Å². The Morgan fingerprint density at radius 3 is 1.77 bits per heavy atom. The molecule has 0 aromatic carbocycles. The van der Waals surface area contributed by atoms with Crippen LogP contribution in [0.25, 0.3) is 0 Å². The second kappa shape index (κ2) is 11.3. The van der Waals surface area contributed by atoms with Crippen molar-refractivity contribution in [1.29, 1.82) is 0 Å². The third kappa shape index (κ3) is 8.00. The summed E-state index contributed by atoms with van der Waals surface area (Å²) in [6.07, 6.45) is 5.69. The Labute approximate surface area is 149 Å². The third-order valence-electron chi connectivity index (χ3n) is 4.91. The quantitative estimate of drug-likeness (QED) is 0.296. The molecule has 2 nitrogen and oxygen atoms in total. The molecule has 22 heavy (non-hydrogen) atoms. The normalized spacial score (nSPS) is 16.1. The van der Waals surface area contributed by atoms with Gasteiger partial charge in [0, 0.05) is 26.7 Å². The average Bonchev–Trinajstić information content (AvgIpc) is 2.45. The summed E-state index contributed by atoms with van der Waals surface area (Å²) < 4.78 is 12.6. The Bertz CT molecular complexity index is 278. The molecule has 0 aromatic heterocycles. The zero-order valence-electron chi connectivity index (χ0n) is 16.1. The van der Waals surface area contributed by atoms with E-state index in [1.807, 2.05) is 0 Å². The van der Waals surface area contributed by atoms with E-state index in [9.17, 15) is 0 Å². The van der Waals surface area contributed by atoms with Crippen molar-refractivity contribution in [1.82, 2.24) is 0 Å². The molecule has 0 aliphatic carbocycles. The SMILES string of the molecule is CCCCO[SiH](OCCCC)[C@](S)(CC)[SiH2]C(C)(C)C(C)C. The van der Waals surface area contributed by atoms with E-state index in [0.717, 1.165) is 32.5 Å². The minimum absolute atomic E-state index is 0.0508. The first-order chi connectivity index (χ1) is 10.2. The van der Waals surface area contributed by atoms with E-state index in [2.05, 4.69) is 48.5 Å². The second-order valence-corrected chi connectivity index (χ2v) is 16.2. The molecule has 0 spiro atoms. The van der Waals surface area contributed by atoms with E-state index in [1.165, 1.54) is 12.8 Å². The summed E-state index contributed by atoms with van der Waals surface area (Å²) in [7, 11) is -2.17. The fourth-order valence-electron chi connectivity index (χ4n) is 2.40. The molecule has 0 bridgehead atoms. The maximum absolute atomic E-state index is 6.29. The Balaban J connectivity index is 4.96. The van der Waals surface area contributed by atoms with Crippen LogP contribution in [0.5, 0.6) is 0 Å². The Morgan fingerprint density at radius 1 is 1.00 bits per heavy atom. The predicted molar refractivity (Wildman–Crippen MR) is 108 cm³/mol. The van der Waals surface area contributed by atoms with Crippen molar-refractivity contribution in [3.05, 3.63) is 0 Å². The largest absolute Gasteiger partial charge is 0.396 e. The van der Waals surface area contributed by atoms with E-state index in [4.69, 9.17) is 21.5 Å². The minimum atomic E-state index is -1.74. The molecule has 0 amide bonds. The van der Waals surface area contributed by atoms with Gasteiger partial charge >= 0.3 is 9.28 Å². The van der Waals surface area contributed by atoms with Gasteiger partial charge in [0.15, 0.2) is 0 Å². The molecule has 0 saturated heterocycles. The van der Waals surface area contributed by atoms with E-state index < -0.39 is 18.8 Å². The molecule has 1 atom stereocenters. The van der Waals surface area contributed by atoms with Gasteiger partial charge in [0.2, 0.25) is 0 Å². The molecule has 0 rings (SSSR count). The van der Waals surface area contributed by atoms with Gasteiger partial charge in [-0.2, -0.15) is 12.6 Å². The molecule has 0 radical (unpaired) electrons. The highest BCUT2D eigenvalue weighted by Gasteiger charge is 2.44. The zero-order valence-corrected chi connectivity index (χ0v) is 19.5. The molecule has 5 heteroatoms. The van der Waals surface area contributed by atoms with Crippen LogP contribution in [0.2, 0.25) is 5.04 Å². The van der Waals surface area contributed by atoms with Crippen LogP contribution in [0, 0.1) is 5.92 Å². The fourth-order valence-corrected chi connectivity index (χ4v) is 11.1. The van der Waals surface area contributed by atoms with E-state index in [0.29, 0.717) is 11.0 Å². The van der Waals surface area contributed by atoms with Gasteiger partial charge in [-0.3, -0.25) is 0 Å². The summed E-state index contributed by atoms with van der Waals surface area (Å²) in [5.74, 6) is 0.693. The molecule has 0 saturated carbocycles. The van der Waals surface area contributed by atoms with Crippen LogP contribution in [0.3, 0.4) is 0 Å². The monoisotopic (exact) mass is 364 g/mol. The standard InChI is InChI=1S/C17H40O2SSi2/c1-8-11-13-18-22(19-14-12-9-2)17(20,10-3)21-16(6,7)15(4)5/h15,20,22H,8-14,21H2,1-7H3/t17-/m0/s1. The van der Waals surface area contributed by atoms with Gasteiger partial charge in [-0.1, -0.05) is 61.3 Å². The minimum Gasteiger partial charge on any atom is -0.396 e. The predicted octanol–water partition coefficient (Wildman–Crippen LogP) is 4.44. The van der Waals surface area contributed by atoms with Gasteiger partial charge in [0.25, 0.3) is 0 Å². The lowest BCUT2D eigenvalue weighted by molar-refractivity contribution is 0.186. The summed E-state index contributed by atoms with van der Waals surface area (Å²) in [5.41, 5.74) is 0. The van der Waals surface area contributed by atoms with Gasteiger partial charge in [-0.15, -0.1) is 0 Å². The highest BCUT2D eigenvalue weighted by molar-refractivity contribution is 7.85. The van der Waals surface area contributed by atoms with E-state index in [-0.39, 0.29) is 3.99 Å². The molecular formula is C17H40O2SSi2. The molecule has 134 valence electrons. The molecule has 0 heterocycles. The molecule has 0 N–H and O–H groups in total. The van der Waals surface area contributed by atoms with E-state index in [1.54, 1.807) is 0 Å². The van der Waals surface area contributed by atoms with E-state index >= 15 is 0 Å². The summed E-state index contributed by atoms with van der Waals surface area (Å²) in [4.78, 5) is 0. The van der Waals surface area contributed by atoms with Gasteiger partial charge < -0.3 is 8.85 Å². The van der Waals surface area contributed by atoms with Crippen LogP contribution >= 0.6 is 12.6 Å². The average molecular weight is 365 g/mol. The van der Waals surface area contributed by atoms with Crippen molar-refractivity contribution in [3.8, 4) is 0 Å². The van der Waals surface area contributed by atoms with Crippen LogP contribution in [0.4, 0.5) is 0 Å². The number of hydrogen-bond acceptors (Lipinski definition) is 3. The van der Waals surface area contributed by atoms with Gasteiger partial charge in [-0.05, 0) is 30.2 Å². The zero-order chi connectivity index (χ0) is 17.2.